The molecule has 0 aliphatic rings. The van der Waals surface area contributed by atoms with Gasteiger partial charge in [0.25, 0.3) is 0 Å². The maximum Gasteiger partial charge on any atom is 0.230 e. The molecule has 0 atom stereocenters. The first kappa shape index (κ1) is 24.5. The molecule has 162 valence electrons. The summed E-state index contributed by atoms with van der Waals surface area (Å²) in [6, 6.07) is 0. The van der Waals surface area contributed by atoms with E-state index in [1.165, 1.54) is 0 Å². The lowest BCUT2D eigenvalue weighted by atomic mass is 10.2. The number of rotatable bonds is 17. The quantitative estimate of drug-likeness (QED) is 0.388. The van der Waals surface area contributed by atoms with E-state index in [1.54, 1.807) is 0 Å². The van der Waals surface area contributed by atoms with Gasteiger partial charge in [0.2, 0.25) is 11.9 Å². The smallest absolute Gasteiger partial charge is 0.230 e. The number of aromatic nitrogens is 3. The first-order valence-corrected chi connectivity index (χ1v) is 10.7. The molecule has 0 aliphatic heterocycles. The average molecular weight is 397 g/mol. The van der Waals surface area contributed by atoms with Gasteiger partial charge in [-0.15, -0.1) is 0 Å². The minimum Gasteiger partial charge on any atom is -0.378 e. The van der Waals surface area contributed by atoms with Gasteiger partial charge >= 0.3 is 0 Å². The fraction of sp³-hybridized carbons (Fsp3) is 0.850. The van der Waals surface area contributed by atoms with Crippen LogP contribution in [0.4, 0.5) is 11.9 Å². The molecule has 1 aromatic rings. The summed E-state index contributed by atoms with van der Waals surface area (Å²) in [5, 5.41) is 3.27. The van der Waals surface area contributed by atoms with Gasteiger partial charge in [0.1, 0.15) is 5.82 Å². The SMILES string of the molecule is CCCCN(CCCC)c1nc(NCCOCCOCCN)nc(C(C)C)n1. The Kier molecular flexibility index (Phi) is 13.5. The van der Waals surface area contributed by atoms with E-state index in [9.17, 15) is 0 Å². The predicted octanol–water partition coefficient (Wildman–Crippen LogP) is 2.81. The summed E-state index contributed by atoms with van der Waals surface area (Å²) in [7, 11) is 0. The predicted molar refractivity (Wildman–Crippen MR) is 115 cm³/mol. The minimum atomic E-state index is 0.248. The van der Waals surface area contributed by atoms with Crippen molar-refractivity contribution in [2.45, 2.75) is 59.3 Å². The Morgan fingerprint density at radius 2 is 1.57 bits per heavy atom. The maximum absolute atomic E-state index is 5.55. The zero-order valence-corrected chi connectivity index (χ0v) is 18.2. The molecule has 1 rings (SSSR count). The van der Waals surface area contributed by atoms with Crippen LogP contribution in [0.1, 0.15) is 65.1 Å². The number of nitrogens with two attached hydrogens (primary N) is 1. The van der Waals surface area contributed by atoms with Crippen LogP contribution in [-0.4, -0.2) is 67.6 Å². The number of hydrogen-bond donors (Lipinski definition) is 2. The third kappa shape index (κ3) is 10.1. The van der Waals surface area contributed by atoms with Crippen LogP contribution >= 0.6 is 0 Å². The van der Waals surface area contributed by atoms with Gasteiger partial charge < -0.3 is 25.4 Å². The van der Waals surface area contributed by atoms with E-state index in [2.05, 4.69) is 47.9 Å². The summed E-state index contributed by atoms with van der Waals surface area (Å²) in [4.78, 5) is 16.3. The molecule has 3 N–H and O–H groups in total. The average Bonchev–Trinajstić information content (AvgIpc) is 2.70. The molecule has 0 saturated heterocycles. The van der Waals surface area contributed by atoms with Crippen molar-refractivity contribution in [3.63, 3.8) is 0 Å². The topological polar surface area (TPSA) is 98.4 Å². The first-order valence-electron chi connectivity index (χ1n) is 10.7. The van der Waals surface area contributed by atoms with E-state index < -0.39 is 0 Å². The number of nitrogens with zero attached hydrogens (tertiary/aromatic N) is 4. The van der Waals surface area contributed by atoms with E-state index in [-0.39, 0.29) is 5.92 Å². The van der Waals surface area contributed by atoms with Crippen molar-refractivity contribution < 1.29 is 9.47 Å². The lowest BCUT2D eigenvalue weighted by molar-refractivity contribution is 0.0547. The number of unbranched alkanes of at least 4 members (excludes halogenated alkanes) is 2. The Morgan fingerprint density at radius 3 is 2.14 bits per heavy atom. The second-order valence-electron chi connectivity index (χ2n) is 7.11. The van der Waals surface area contributed by atoms with Crippen LogP contribution in [0.2, 0.25) is 0 Å². The standard InChI is InChI=1S/C20H40N6O2/c1-5-7-11-26(12-8-6-2)20-24-18(17(3)4)23-19(25-20)22-10-14-28-16-15-27-13-9-21/h17H,5-16,21H2,1-4H3,(H,22,23,24,25). The Labute approximate surface area is 170 Å². The third-order valence-corrected chi connectivity index (χ3v) is 4.17. The van der Waals surface area contributed by atoms with Crippen LogP contribution in [0.25, 0.3) is 0 Å². The largest absolute Gasteiger partial charge is 0.378 e. The molecule has 1 heterocycles. The molecular formula is C20H40N6O2. The van der Waals surface area contributed by atoms with Crippen LogP contribution < -0.4 is 16.0 Å². The summed E-state index contributed by atoms with van der Waals surface area (Å²) in [5.74, 6) is 2.47. The lowest BCUT2D eigenvalue weighted by Crippen LogP contribution is -2.29. The van der Waals surface area contributed by atoms with Crippen molar-refractivity contribution in [2.75, 3.05) is 62.8 Å². The Morgan fingerprint density at radius 1 is 0.929 bits per heavy atom. The van der Waals surface area contributed by atoms with Crippen molar-refractivity contribution in [1.82, 2.24) is 15.0 Å². The molecule has 0 radical (unpaired) electrons. The molecule has 0 fully saturated rings. The highest BCUT2D eigenvalue weighted by Crippen LogP contribution is 2.17. The molecule has 0 aliphatic carbocycles. The molecule has 8 heteroatoms. The van der Waals surface area contributed by atoms with Crippen molar-refractivity contribution in [3.05, 3.63) is 5.82 Å². The highest BCUT2D eigenvalue weighted by atomic mass is 16.5. The molecule has 28 heavy (non-hydrogen) atoms. The molecule has 0 unspecified atom stereocenters. The second-order valence-corrected chi connectivity index (χ2v) is 7.11. The third-order valence-electron chi connectivity index (χ3n) is 4.17. The van der Waals surface area contributed by atoms with Crippen LogP contribution in [0, 0.1) is 0 Å². The summed E-state index contributed by atoms with van der Waals surface area (Å²) >= 11 is 0. The van der Waals surface area contributed by atoms with Gasteiger partial charge in [0.15, 0.2) is 0 Å². The first-order chi connectivity index (χ1) is 13.6. The van der Waals surface area contributed by atoms with Gasteiger partial charge in [-0.1, -0.05) is 40.5 Å². The van der Waals surface area contributed by atoms with Crippen LogP contribution in [0.3, 0.4) is 0 Å². The Bertz CT molecular complexity index is 507. The van der Waals surface area contributed by atoms with Crippen LogP contribution in [0.15, 0.2) is 0 Å². The van der Waals surface area contributed by atoms with E-state index in [0.717, 1.165) is 50.5 Å². The Hall–Kier alpha value is -1.51. The fourth-order valence-electron chi connectivity index (χ4n) is 2.51. The monoisotopic (exact) mass is 396 g/mol. The molecule has 0 saturated carbocycles. The lowest BCUT2D eigenvalue weighted by Gasteiger charge is -2.23. The van der Waals surface area contributed by atoms with Crippen molar-refractivity contribution in [2.24, 2.45) is 5.73 Å². The fourth-order valence-corrected chi connectivity index (χ4v) is 2.51. The van der Waals surface area contributed by atoms with Crippen LogP contribution in [-0.2, 0) is 9.47 Å². The van der Waals surface area contributed by atoms with Crippen molar-refractivity contribution in [1.29, 1.82) is 0 Å². The molecule has 0 bridgehead atoms. The summed E-state index contributed by atoms with van der Waals surface area (Å²) in [6.45, 7) is 14.0. The number of nitrogens with one attached hydrogen (secondary N) is 1. The highest BCUT2D eigenvalue weighted by Gasteiger charge is 2.14. The van der Waals surface area contributed by atoms with Gasteiger partial charge in [0.05, 0.1) is 26.4 Å². The molecule has 0 spiro atoms. The van der Waals surface area contributed by atoms with Gasteiger partial charge in [-0.2, -0.15) is 15.0 Å². The zero-order valence-electron chi connectivity index (χ0n) is 18.2. The van der Waals surface area contributed by atoms with Gasteiger partial charge in [-0.3, -0.25) is 0 Å². The van der Waals surface area contributed by atoms with E-state index >= 15 is 0 Å². The molecule has 8 nitrogen and oxygen atoms in total. The normalized spacial score (nSPS) is 11.2. The molecular weight excluding hydrogens is 356 g/mol. The maximum atomic E-state index is 5.55. The van der Waals surface area contributed by atoms with E-state index in [0.29, 0.717) is 45.5 Å². The van der Waals surface area contributed by atoms with Crippen molar-refractivity contribution in [3.8, 4) is 0 Å². The van der Waals surface area contributed by atoms with Gasteiger partial charge in [-0.05, 0) is 12.8 Å². The Balaban J connectivity index is 2.66. The minimum absolute atomic E-state index is 0.248. The van der Waals surface area contributed by atoms with E-state index in [1.807, 2.05) is 0 Å². The molecule has 1 aromatic heterocycles. The highest BCUT2D eigenvalue weighted by molar-refractivity contribution is 5.37. The van der Waals surface area contributed by atoms with Crippen molar-refractivity contribution >= 4 is 11.9 Å². The van der Waals surface area contributed by atoms with Gasteiger partial charge in [-0.25, -0.2) is 0 Å². The zero-order chi connectivity index (χ0) is 20.6. The summed E-state index contributed by atoms with van der Waals surface area (Å²) in [6.07, 6.45) is 4.58. The second kappa shape index (κ2) is 15.4. The summed E-state index contributed by atoms with van der Waals surface area (Å²) in [5.41, 5.74) is 5.38. The number of hydrogen-bond acceptors (Lipinski definition) is 8. The number of anilines is 2. The molecule has 0 amide bonds. The van der Waals surface area contributed by atoms with E-state index in [4.69, 9.17) is 20.2 Å². The molecule has 0 aromatic carbocycles. The summed E-state index contributed by atoms with van der Waals surface area (Å²) < 4.78 is 10.8. The van der Waals surface area contributed by atoms with Gasteiger partial charge in [0, 0.05) is 32.1 Å². The number of ether oxygens (including phenoxy) is 2. The van der Waals surface area contributed by atoms with Crippen LogP contribution in [0.5, 0.6) is 0 Å².